The maximum atomic E-state index is 4.85. The van der Waals surface area contributed by atoms with Gasteiger partial charge in [0, 0.05) is 41.3 Å². The van der Waals surface area contributed by atoms with Gasteiger partial charge in [0.1, 0.15) is 11.2 Å². The van der Waals surface area contributed by atoms with E-state index in [1.807, 2.05) is 43.6 Å². The van der Waals surface area contributed by atoms with Crippen LogP contribution in [0.4, 0.5) is 0 Å². The summed E-state index contributed by atoms with van der Waals surface area (Å²) in [6.45, 7) is 2.01. The third-order valence-corrected chi connectivity index (χ3v) is 5.18. The average molecular weight is 404 g/mol. The van der Waals surface area contributed by atoms with E-state index >= 15 is 0 Å². The van der Waals surface area contributed by atoms with Crippen molar-refractivity contribution in [2.24, 2.45) is 0 Å². The van der Waals surface area contributed by atoms with E-state index < -0.39 is 0 Å². The molecule has 8 nitrogen and oxygen atoms in total. The van der Waals surface area contributed by atoms with Crippen molar-refractivity contribution in [3.63, 3.8) is 0 Å². The highest BCUT2D eigenvalue weighted by Crippen LogP contribution is 2.31. The van der Waals surface area contributed by atoms with E-state index in [-0.39, 0.29) is 0 Å². The van der Waals surface area contributed by atoms with E-state index in [1.54, 1.807) is 24.8 Å². The summed E-state index contributed by atoms with van der Waals surface area (Å²) in [4.78, 5) is 25.8. The molecule has 8 heteroatoms. The van der Waals surface area contributed by atoms with Crippen molar-refractivity contribution in [2.75, 3.05) is 0 Å². The van der Waals surface area contributed by atoms with E-state index in [9.17, 15) is 0 Å². The van der Waals surface area contributed by atoms with E-state index in [1.165, 1.54) is 0 Å². The largest absolute Gasteiger partial charge is 0.335 e. The lowest BCUT2D eigenvalue weighted by atomic mass is 10.1. The van der Waals surface area contributed by atoms with Gasteiger partial charge in [-0.3, -0.25) is 25.0 Å². The van der Waals surface area contributed by atoms with Gasteiger partial charge in [0.15, 0.2) is 5.82 Å². The quantitative estimate of drug-likeness (QED) is 0.454. The van der Waals surface area contributed by atoms with Crippen LogP contribution >= 0.6 is 0 Å². The highest BCUT2D eigenvalue weighted by atomic mass is 15.1. The molecule has 0 radical (unpaired) electrons. The zero-order chi connectivity index (χ0) is 20.8. The number of imidazole rings is 1. The first-order valence-corrected chi connectivity index (χ1v) is 9.78. The molecule has 0 spiro atoms. The van der Waals surface area contributed by atoms with Crippen molar-refractivity contribution in [2.45, 2.75) is 6.92 Å². The fraction of sp³-hybridized carbons (Fsp3) is 0.0435. The van der Waals surface area contributed by atoms with Crippen LogP contribution < -0.4 is 0 Å². The van der Waals surface area contributed by atoms with Crippen molar-refractivity contribution < 1.29 is 0 Å². The molecule has 6 aromatic heterocycles. The first-order chi connectivity index (χ1) is 15.3. The summed E-state index contributed by atoms with van der Waals surface area (Å²) in [6, 6.07) is 9.86. The Morgan fingerprint density at radius 1 is 0.839 bits per heavy atom. The number of aryl methyl sites for hydroxylation is 1. The van der Waals surface area contributed by atoms with Gasteiger partial charge in [-0.15, -0.1) is 0 Å². The zero-order valence-corrected chi connectivity index (χ0v) is 16.5. The Morgan fingerprint density at radius 2 is 1.77 bits per heavy atom. The maximum absolute atomic E-state index is 4.85. The van der Waals surface area contributed by atoms with Crippen LogP contribution in [0.2, 0.25) is 0 Å². The smallest absolute Gasteiger partial charge is 0.159 e. The van der Waals surface area contributed by atoms with Crippen molar-refractivity contribution in [3.05, 3.63) is 73.1 Å². The van der Waals surface area contributed by atoms with E-state index in [2.05, 4.69) is 41.2 Å². The summed E-state index contributed by atoms with van der Waals surface area (Å²) in [6.07, 6.45) is 10.7. The number of pyridine rings is 4. The van der Waals surface area contributed by atoms with Gasteiger partial charge in [-0.05, 0) is 36.8 Å². The molecule has 0 aliphatic heterocycles. The molecule has 0 atom stereocenters. The molecular weight excluding hydrogens is 388 g/mol. The molecule has 0 bridgehead atoms. The fourth-order valence-electron chi connectivity index (χ4n) is 3.70. The normalized spacial score (nSPS) is 11.4. The Bertz CT molecular complexity index is 1550. The summed E-state index contributed by atoms with van der Waals surface area (Å²) in [5.41, 5.74) is 7.75. The predicted molar refractivity (Wildman–Crippen MR) is 118 cm³/mol. The minimum atomic E-state index is 0.658. The summed E-state index contributed by atoms with van der Waals surface area (Å²) >= 11 is 0. The number of H-pyrrole nitrogens is 2. The van der Waals surface area contributed by atoms with E-state index in [4.69, 9.17) is 4.98 Å². The van der Waals surface area contributed by atoms with E-state index in [0.717, 1.165) is 55.7 Å². The molecule has 0 aliphatic carbocycles. The van der Waals surface area contributed by atoms with Crippen LogP contribution in [-0.2, 0) is 0 Å². The third kappa shape index (κ3) is 2.93. The number of aromatic amines is 2. The second-order valence-corrected chi connectivity index (χ2v) is 7.32. The molecule has 0 amide bonds. The molecule has 0 saturated carbocycles. The minimum Gasteiger partial charge on any atom is -0.335 e. The third-order valence-electron chi connectivity index (χ3n) is 5.18. The van der Waals surface area contributed by atoms with Gasteiger partial charge < -0.3 is 4.98 Å². The summed E-state index contributed by atoms with van der Waals surface area (Å²) < 4.78 is 0. The summed E-state index contributed by atoms with van der Waals surface area (Å²) in [7, 11) is 0. The first-order valence-electron chi connectivity index (χ1n) is 9.78. The second kappa shape index (κ2) is 6.81. The predicted octanol–water partition coefficient (Wildman–Crippen LogP) is 4.33. The van der Waals surface area contributed by atoms with Gasteiger partial charge in [0.2, 0.25) is 0 Å². The lowest BCUT2D eigenvalue weighted by Gasteiger charge is -2.02. The highest BCUT2D eigenvalue weighted by molar-refractivity contribution is 5.96. The van der Waals surface area contributed by atoms with Crippen LogP contribution in [-0.4, -0.2) is 40.1 Å². The van der Waals surface area contributed by atoms with Crippen LogP contribution in [0.5, 0.6) is 0 Å². The van der Waals surface area contributed by atoms with E-state index in [0.29, 0.717) is 5.82 Å². The van der Waals surface area contributed by atoms with Crippen molar-refractivity contribution in [1.82, 2.24) is 40.1 Å². The molecule has 6 aromatic rings. The number of rotatable bonds is 3. The van der Waals surface area contributed by atoms with Crippen molar-refractivity contribution in [3.8, 4) is 34.0 Å². The molecule has 0 saturated heterocycles. The van der Waals surface area contributed by atoms with Crippen LogP contribution in [0.1, 0.15) is 5.56 Å². The van der Waals surface area contributed by atoms with Gasteiger partial charge in [-0.2, -0.15) is 5.10 Å². The van der Waals surface area contributed by atoms with Crippen molar-refractivity contribution in [1.29, 1.82) is 0 Å². The molecule has 0 aromatic carbocycles. The van der Waals surface area contributed by atoms with Gasteiger partial charge in [-0.1, -0.05) is 6.07 Å². The van der Waals surface area contributed by atoms with Crippen molar-refractivity contribution >= 4 is 21.9 Å². The molecule has 0 unspecified atom stereocenters. The Kier molecular flexibility index (Phi) is 3.82. The van der Waals surface area contributed by atoms with Crippen LogP contribution in [0.3, 0.4) is 0 Å². The molecule has 0 fully saturated rings. The first kappa shape index (κ1) is 17.4. The average Bonchev–Trinajstić information content (AvgIpc) is 3.43. The lowest BCUT2D eigenvalue weighted by Crippen LogP contribution is -1.87. The number of hydrogen-bond donors (Lipinski definition) is 2. The molecule has 31 heavy (non-hydrogen) atoms. The molecule has 0 aliphatic rings. The molecule has 148 valence electrons. The topological polar surface area (TPSA) is 109 Å². The number of nitrogens with one attached hydrogen (secondary N) is 2. The Balaban J connectivity index is 1.51. The van der Waals surface area contributed by atoms with Gasteiger partial charge in [0.05, 0.1) is 34.8 Å². The maximum Gasteiger partial charge on any atom is 0.159 e. The van der Waals surface area contributed by atoms with Crippen LogP contribution in [0, 0.1) is 6.92 Å². The number of fused-ring (bicyclic) bond motifs is 2. The molecule has 6 rings (SSSR count). The molecule has 6 heterocycles. The Labute approximate surface area is 176 Å². The van der Waals surface area contributed by atoms with Gasteiger partial charge >= 0.3 is 0 Å². The van der Waals surface area contributed by atoms with Gasteiger partial charge in [0.25, 0.3) is 0 Å². The molecular formula is C23H16N8. The molecule has 2 N–H and O–H groups in total. The zero-order valence-electron chi connectivity index (χ0n) is 16.5. The summed E-state index contributed by atoms with van der Waals surface area (Å²) in [5.74, 6) is 0.658. The highest BCUT2D eigenvalue weighted by Gasteiger charge is 2.16. The number of aromatic nitrogens is 8. The van der Waals surface area contributed by atoms with Gasteiger partial charge in [-0.25, -0.2) is 4.98 Å². The number of hydrogen-bond acceptors (Lipinski definition) is 6. The number of nitrogens with zero attached hydrogens (tertiary/aromatic N) is 6. The second-order valence-electron chi connectivity index (χ2n) is 7.32. The Morgan fingerprint density at radius 3 is 2.65 bits per heavy atom. The van der Waals surface area contributed by atoms with Crippen LogP contribution in [0.15, 0.2) is 67.5 Å². The fourth-order valence-corrected chi connectivity index (χ4v) is 3.70. The standard InChI is InChI=1S/C23H16N8/c1-13-6-14(9-24-8-13)18-7-15-19(12-27-18)30-31-22(15)23-28-20-11-25-10-16(21(20)29-23)17-4-2-3-5-26-17/h2-12H,1H3,(H,28,29)(H,30,31). The summed E-state index contributed by atoms with van der Waals surface area (Å²) in [5, 5.41) is 8.49. The minimum absolute atomic E-state index is 0.658. The monoisotopic (exact) mass is 404 g/mol. The SMILES string of the molecule is Cc1cncc(-c2cc3c(-c4nc5c(-c6ccccn6)cncc5[nH]4)n[nH]c3cn2)c1. The van der Waals surface area contributed by atoms with Crippen LogP contribution in [0.25, 0.3) is 56.0 Å². The lowest BCUT2D eigenvalue weighted by molar-refractivity contribution is 1.10. The Hall–Kier alpha value is -4.46.